The van der Waals surface area contributed by atoms with E-state index >= 15 is 0 Å². The van der Waals surface area contributed by atoms with E-state index in [0.29, 0.717) is 0 Å². The van der Waals surface area contributed by atoms with Crippen molar-refractivity contribution in [2.24, 2.45) is 0 Å². The van der Waals surface area contributed by atoms with Crippen LogP contribution in [-0.4, -0.2) is 0 Å². The molecule has 0 heterocycles. The Labute approximate surface area is 114 Å². The van der Waals surface area contributed by atoms with E-state index in [2.05, 4.69) is 17.2 Å². The van der Waals surface area contributed by atoms with Crippen molar-refractivity contribution in [3.63, 3.8) is 0 Å². The van der Waals surface area contributed by atoms with Crippen LogP contribution in [0.2, 0.25) is 0 Å². The van der Waals surface area contributed by atoms with Crippen molar-refractivity contribution in [1.29, 1.82) is 0 Å². The Morgan fingerprint density at radius 3 is 1.37 bits per heavy atom. The maximum atomic E-state index is 5.32. The molecule has 1 nitrogen and oxygen atoms in total. The SMILES string of the molecule is C#Cc1ccc(CNCc2ccc(C#C)cc2)cc1. The van der Waals surface area contributed by atoms with Crippen molar-refractivity contribution in [3.05, 3.63) is 70.8 Å². The van der Waals surface area contributed by atoms with E-state index in [1.54, 1.807) is 0 Å². The number of terminal acetylenes is 2. The van der Waals surface area contributed by atoms with Gasteiger partial charge in [-0.05, 0) is 35.4 Å². The Morgan fingerprint density at radius 2 is 1.05 bits per heavy atom. The molecule has 0 spiro atoms. The number of benzene rings is 2. The molecule has 0 aliphatic carbocycles. The molecule has 0 atom stereocenters. The minimum Gasteiger partial charge on any atom is -0.309 e. The van der Waals surface area contributed by atoms with Gasteiger partial charge in [0.1, 0.15) is 0 Å². The first kappa shape index (κ1) is 13.0. The van der Waals surface area contributed by atoms with Gasteiger partial charge in [0.05, 0.1) is 0 Å². The smallest absolute Gasteiger partial charge is 0.0242 e. The molecule has 2 aromatic carbocycles. The minimum absolute atomic E-state index is 0.821. The van der Waals surface area contributed by atoms with Gasteiger partial charge in [-0.1, -0.05) is 36.1 Å². The molecule has 0 fully saturated rings. The van der Waals surface area contributed by atoms with Gasteiger partial charge in [0.15, 0.2) is 0 Å². The summed E-state index contributed by atoms with van der Waals surface area (Å²) in [5.74, 6) is 5.22. The van der Waals surface area contributed by atoms with Crippen LogP contribution < -0.4 is 5.32 Å². The van der Waals surface area contributed by atoms with Gasteiger partial charge in [-0.2, -0.15) is 0 Å². The predicted octanol–water partition coefficient (Wildman–Crippen LogP) is 2.94. The van der Waals surface area contributed by atoms with E-state index in [0.717, 1.165) is 24.2 Å². The van der Waals surface area contributed by atoms with E-state index in [-0.39, 0.29) is 0 Å². The summed E-state index contributed by atoms with van der Waals surface area (Å²) in [4.78, 5) is 0. The van der Waals surface area contributed by atoms with Crippen molar-refractivity contribution in [1.82, 2.24) is 5.32 Å². The lowest BCUT2D eigenvalue weighted by atomic mass is 10.1. The van der Waals surface area contributed by atoms with Crippen molar-refractivity contribution < 1.29 is 0 Å². The van der Waals surface area contributed by atoms with Crippen molar-refractivity contribution in [3.8, 4) is 24.7 Å². The third-order valence-electron chi connectivity index (χ3n) is 2.90. The molecule has 1 heteroatoms. The molecule has 0 saturated heterocycles. The van der Waals surface area contributed by atoms with Gasteiger partial charge in [-0.3, -0.25) is 0 Å². The van der Waals surface area contributed by atoms with Crippen LogP contribution in [0.1, 0.15) is 22.3 Å². The molecule has 0 bridgehead atoms. The highest BCUT2D eigenvalue weighted by atomic mass is 14.8. The summed E-state index contributed by atoms with van der Waals surface area (Å²) in [7, 11) is 0. The third kappa shape index (κ3) is 3.75. The average Bonchev–Trinajstić information content (AvgIpc) is 2.49. The molecule has 92 valence electrons. The monoisotopic (exact) mass is 245 g/mol. The zero-order valence-electron chi connectivity index (χ0n) is 10.7. The first-order valence-electron chi connectivity index (χ1n) is 6.13. The highest BCUT2D eigenvalue weighted by Gasteiger charge is 1.95. The second-order valence-corrected chi connectivity index (χ2v) is 4.29. The van der Waals surface area contributed by atoms with Gasteiger partial charge in [0.2, 0.25) is 0 Å². The molecule has 0 aliphatic rings. The maximum Gasteiger partial charge on any atom is 0.0242 e. The van der Waals surface area contributed by atoms with Crippen molar-refractivity contribution in [2.75, 3.05) is 0 Å². The number of rotatable bonds is 4. The van der Waals surface area contributed by atoms with Crippen LogP contribution in [0.3, 0.4) is 0 Å². The van der Waals surface area contributed by atoms with E-state index in [4.69, 9.17) is 12.8 Å². The van der Waals surface area contributed by atoms with Crippen LogP contribution in [-0.2, 0) is 13.1 Å². The first-order chi connectivity index (χ1) is 9.31. The fraction of sp³-hybridized carbons (Fsp3) is 0.111. The second-order valence-electron chi connectivity index (χ2n) is 4.29. The van der Waals surface area contributed by atoms with Crippen LogP contribution in [0.15, 0.2) is 48.5 Å². The fourth-order valence-electron chi connectivity index (χ4n) is 1.79. The summed E-state index contributed by atoms with van der Waals surface area (Å²) in [6.45, 7) is 1.64. The van der Waals surface area contributed by atoms with Crippen LogP contribution in [0.25, 0.3) is 0 Å². The molecule has 1 N–H and O–H groups in total. The normalized spacial score (nSPS) is 9.58. The maximum absolute atomic E-state index is 5.32. The predicted molar refractivity (Wildman–Crippen MR) is 79.3 cm³/mol. The van der Waals surface area contributed by atoms with Gasteiger partial charge in [-0.15, -0.1) is 12.8 Å². The van der Waals surface area contributed by atoms with Crippen LogP contribution >= 0.6 is 0 Å². The van der Waals surface area contributed by atoms with E-state index in [1.165, 1.54) is 11.1 Å². The van der Waals surface area contributed by atoms with Crippen molar-refractivity contribution in [2.45, 2.75) is 13.1 Å². The summed E-state index contributed by atoms with van der Waals surface area (Å²) in [5.41, 5.74) is 4.26. The first-order valence-corrected chi connectivity index (χ1v) is 6.13. The molecule has 0 aliphatic heterocycles. The topological polar surface area (TPSA) is 12.0 Å². The summed E-state index contributed by atoms with van der Waals surface area (Å²) in [6.07, 6.45) is 10.6. The van der Waals surface area contributed by atoms with Gasteiger partial charge in [0, 0.05) is 24.2 Å². The Bertz CT molecular complexity index is 549. The van der Waals surface area contributed by atoms with Crippen molar-refractivity contribution >= 4 is 0 Å². The van der Waals surface area contributed by atoms with Gasteiger partial charge < -0.3 is 5.32 Å². The lowest BCUT2D eigenvalue weighted by Crippen LogP contribution is -2.12. The number of hydrogen-bond acceptors (Lipinski definition) is 1. The van der Waals surface area contributed by atoms with E-state index in [9.17, 15) is 0 Å². The zero-order chi connectivity index (χ0) is 13.5. The number of hydrogen-bond donors (Lipinski definition) is 1. The van der Waals surface area contributed by atoms with Crippen LogP contribution in [0, 0.1) is 24.7 Å². The van der Waals surface area contributed by atoms with E-state index < -0.39 is 0 Å². The molecule has 2 aromatic rings. The van der Waals surface area contributed by atoms with Gasteiger partial charge in [-0.25, -0.2) is 0 Å². The quantitative estimate of drug-likeness (QED) is 0.817. The minimum atomic E-state index is 0.821. The fourth-order valence-corrected chi connectivity index (χ4v) is 1.79. The van der Waals surface area contributed by atoms with E-state index in [1.807, 2.05) is 48.5 Å². The molecule has 19 heavy (non-hydrogen) atoms. The van der Waals surface area contributed by atoms with Crippen LogP contribution in [0.5, 0.6) is 0 Å². The highest BCUT2D eigenvalue weighted by Crippen LogP contribution is 2.05. The Morgan fingerprint density at radius 1 is 0.684 bits per heavy atom. The molecule has 0 aromatic heterocycles. The average molecular weight is 245 g/mol. The lowest BCUT2D eigenvalue weighted by molar-refractivity contribution is 0.693. The lowest BCUT2D eigenvalue weighted by Gasteiger charge is -2.05. The zero-order valence-corrected chi connectivity index (χ0v) is 10.7. The standard InChI is InChI=1S/C18H15N/c1-3-15-5-9-17(10-6-15)13-19-14-18-11-7-16(4-2)8-12-18/h1-2,5-12,19H,13-14H2. The molecule has 0 saturated carbocycles. The Hall–Kier alpha value is -2.48. The summed E-state index contributed by atoms with van der Waals surface area (Å²) >= 11 is 0. The Kier molecular flexibility index (Phi) is 4.40. The molecular weight excluding hydrogens is 230 g/mol. The largest absolute Gasteiger partial charge is 0.309 e. The summed E-state index contributed by atoms with van der Waals surface area (Å²) in [5, 5.41) is 3.39. The molecule has 0 radical (unpaired) electrons. The summed E-state index contributed by atoms with van der Waals surface area (Å²) < 4.78 is 0. The molecule has 0 unspecified atom stereocenters. The van der Waals surface area contributed by atoms with Gasteiger partial charge in [0.25, 0.3) is 0 Å². The highest BCUT2D eigenvalue weighted by molar-refractivity contribution is 5.35. The number of nitrogens with one attached hydrogen (secondary N) is 1. The molecule has 0 amide bonds. The van der Waals surface area contributed by atoms with Crippen LogP contribution in [0.4, 0.5) is 0 Å². The molecule has 2 rings (SSSR count). The molecular formula is C18H15N. The van der Waals surface area contributed by atoms with Gasteiger partial charge >= 0.3 is 0 Å². The third-order valence-corrected chi connectivity index (χ3v) is 2.90. The Balaban J connectivity index is 1.85. The summed E-state index contributed by atoms with van der Waals surface area (Å²) in [6, 6.07) is 16.0. The second kappa shape index (κ2) is 6.45.